The molecule has 2 aromatic rings. The summed E-state index contributed by atoms with van der Waals surface area (Å²) in [6.45, 7) is 2.11. The molecule has 0 N–H and O–H groups in total. The first-order valence-corrected chi connectivity index (χ1v) is 8.53. The van der Waals surface area contributed by atoms with Gasteiger partial charge in [0.2, 0.25) is 10.0 Å². The Hall–Kier alpha value is -2.26. The molecule has 0 spiro atoms. The second kappa shape index (κ2) is 5.74. The summed E-state index contributed by atoms with van der Waals surface area (Å²) in [6, 6.07) is 6.36. The molecular weight excluding hydrogens is 322 g/mol. The highest BCUT2D eigenvalue weighted by Crippen LogP contribution is 2.37. The van der Waals surface area contributed by atoms with Gasteiger partial charge in [-0.1, -0.05) is 11.2 Å². The normalized spacial score (nSPS) is 19.1. The Morgan fingerprint density at radius 2 is 2.17 bits per heavy atom. The van der Waals surface area contributed by atoms with E-state index in [0.717, 1.165) is 6.07 Å². The lowest BCUT2D eigenvalue weighted by atomic mass is 10.2. The largest absolute Gasteiger partial charge is 0.359 e. The number of non-ortho nitro benzene ring substituents is 1. The van der Waals surface area contributed by atoms with Crippen LogP contribution in [0.1, 0.15) is 30.3 Å². The van der Waals surface area contributed by atoms with Gasteiger partial charge in [0.1, 0.15) is 0 Å². The molecular formula is C14H15N3O5S. The van der Waals surface area contributed by atoms with Crippen molar-refractivity contribution in [3.63, 3.8) is 0 Å². The van der Waals surface area contributed by atoms with E-state index in [1.807, 2.05) is 0 Å². The number of nitrogens with zero attached hydrogens (tertiary/aromatic N) is 3. The smallest absolute Gasteiger partial charge is 0.270 e. The number of nitro groups is 1. The summed E-state index contributed by atoms with van der Waals surface area (Å²) in [6.07, 6.45) is 1.32. The quantitative estimate of drug-likeness (QED) is 0.626. The lowest BCUT2D eigenvalue weighted by Gasteiger charge is -2.22. The third-order valence-electron chi connectivity index (χ3n) is 3.81. The van der Waals surface area contributed by atoms with Crippen LogP contribution < -0.4 is 0 Å². The second-order valence-corrected chi connectivity index (χ2v) is 7.29. The maximum absolute atomic E-state index is 12.8. The highest BCUT2D eigenvalue weighted by molar-refractivity contribution is 7.89. The van der Waals surface area contributed by atoms with Gasteiger partial charge in [-0.2, -0.15) is 4.31 Å². The average molecular weight is 337 g/mol. The molecule has 1 aliphatic heterocycles. The predicted octanol–water partition coefficient (Wildman–Crippen LogP) is 2.42. The van der Waals surface area contributed by atoms with Crippen molar-refractivity contribution in [1.29, 1.82) is 0 Å². The summed E-state index contributed by atoms with van der Waals surface area (Å²) >= 11 is 0. The number of sulfonamides is 1. The number of nitro benzene ring substituents is 1. The van der Waals surface area contributed by atoms with Gasteiger partial charge in [-0.05, 0) is 25.8 Å². The fraction of sp³-hybridized carbons (Fsp3) is 0.357. The van der Waals surface area contributed by atoms with Gasteiger partial charge < -0.3 is 4.52 Å². The SMILES string of the molecule is Cc1cc([C@@H]2CCCN2S(=O)(=O)c2cccc([N+](=O)[O-])c2)on1. The first-order valence-electron chi connectivity index (χ1n) is 7.09. The minimum atomic E-state index is -3.84. The summed E-state index contributed by atoms with van der Waals surface area (Å²) in [5.74, 6) is 0.494. The topological polar surface area (TPSA) is 107 Å². The molecule has 1 atom stereocenters. The zero-order chi connectivity index (χ0) is 16.6. The minimum absolute atomic E-state index is 0.0881. The molecule has 9 heteroatoms. The summed E-state index contributed by atoms with van der Waals surface area (Å²) in [4.78, 5) is 10.2. The number of hydrogen-bond acceptors (Lipinski definition) is 6. The van der Waals surface area contributed by atoms with Crippen molar-refractivity contribution in [2.75, 3.05) is 6.54 Å². The zero-order valence-corrected chi connectivity index (χ0v) is 13.2. The molecule has 0 unspecified atom stereocenters. The molecule has 1 saturated heterocycles. The Labute approximate surface area is 132 Å². The Morgan fingerprint density at radius 3 is 2.83 bits per heavy atom. The van der Waals surface area contributed by atoms with Gasteiger partial charge in [0, 0.05) is 24.7 Å². The van der Waals surface area contributed by atoms with Crippen LogP contribution in [0.3, 0.4) is 0 Å². The van der Waals surface area contributed by atoms with Gasteiger partial charge in [0.05, 0.1) is 21.6 Å². The van der Waals surface area contributed by atoms with Crippen molar-refractivity contribution >= 4 is 15.7 Å². The molecule has 0 radical (unpaired) electrons. The summed E-state index contributed by atoms with van der Waals surface area (Å²) in [5.41, 5.74) is 0.428. The Balaban J connectivity index is 1.98. The molecule has 0 amide bonds. The molecule has 1 aliphatic rings. The van der Waals surface area contributed by atoms with Gasteiger partial charge in [0.15, 0.2) is 5.76 Å². The van der Waals surface area contributed by atoms with Crippen molar-refractivity contribution in [2.45, 2.75) is 30.7 Å². The van der Waals surface area contributed by atoms with E-state index in [-0.39, 0.29) is 10.6 Å². The van der Waals surface area contributed by atoms with Crippen LogP contribution in [-0.2, 0) is 10.0 Å². The molecule has 8 nitrogen and oxygen atoms in total. The number of aromatic nitrogens is 1. The Kier molecular flexibility index (Phi) is 3.90. The van der Waals surface area contributed by atoms with Crippen LogP contribution in [0.4, 0.5) is 5.69 Å². The van der Waals surface area contributed by atoms with Crippen LogP contribution in [0.5, 0.6) is 0 Å². The van der Waals surface area contributed by atoms with E-state index in [1.54, 1.807) is 13.0 Å². The first-order chi connectivity index (χ1) is 10.9. The van der Waals surface area contributed by atoms with Crippen LogP contribution >= 0.6 is 0 Å². The lowest BCUT2D eigenvalue weighted by Crippen LogP contribution is -2.30. The van der Waals surface area contributed by atoms with E-state index in [2.05, 4.69) is 5.16 Å². The van der Waals surface area contributed by atoms with Crippen molar-refractivity contribution in [3.05, 3.63) is 51.9 Å². The maximum atomic E-state index is 12.8. The van der Waals surface area contributed by atoms with Gasteiger partial charge in [-0.15, -0.1) is 0 Å². The van der Waals surface area contributed by atoms with E-state index >= 15 is 0 Å². The minimum Gasteiger partial charge on any atom is -0.359 e. The third-order valence-corrected chi connectivity index (χ3v) is 5.72. The van der Waals surface area contributed by atoms with E-state index in [9.17, 15) is 18.5 Å². The molecule has 1 fully saturated rings. The van der Waals surface area contributed by atoms with Gasteiger partial charge >= 0.3 is 0 Å². The standard InChI is InChI=1S/C14H15N3O5S/c1-10-8-14(22-15-10)13-6-3-7-16(13)23(20,21)12-5-2-4-11(9-12)17(18)19/h2,4-5,8-9,13H,3,6-7H2,1H3/t13-/m0/s1. The number of rotatable bonds is 4. The van der Waals surface area contributed by atoms with Crippen LogP contribution in [0.25, 0.3) is 0 Å². The van der Waals surface area contributed by atoms with Crippen molar-refractivity contribution in [2.24, 2.45) is 0 Å². The highest BCUT2D eigenvalue weighted by atomic mass is 32.2. The molecule has 1 aromatic heterocycles. The lowest BCUT2D eigenvalue weighted by molar-refractivity contribution is -0.385. The number of hydrogen-bond donors (Lipinski definition) is 0. The van der Waals surface area contributed by atoms with Crippen LogP contribution in [0, 0.1) is 17.0 Å². The van der Waals surface area contributed by atoms with E-state index < -0.39 is 21.0 Å². The third kappa shape index (κ3) is 2.84. The fourth-order valence-electron chi connectivity index (χ4n) is 2.75. The second-order valence-electron chi connectivity index (χ2n) is 5.40. The molecule has 2 heterocycles. The van der Waals surface area contributed by atoms with E-state index in [4.69, 9.17) is 4.52 Å². The molecule has 0 aliphatic carbocycles. The number of aryl methyl sites for hydroxylation is 1. The van der Waals surface area contributed by atoms with Crippen molar-refractivity contribution in [3.8, 4) is 0 Å². The van der Waals surface area contributed by atoms with E-state index in [1.165, 1.54) is 22.5 Å². The van der Waals surface area contributed by atoms with Crippen LogP contribution in [0.2, 0.25) is 0 Å². The van der Waals surface area contributed by atoms with E-state index in [0.29, 0.717) is 30.8 Å². The van der Waals surface area contributed by atoms with Gasteiger partial charge in [-0.25, -0.2) is 8.42 Å². The van der Waals surface area contributed by atoms with Gasteiger partial charge in [0.25, 0.3) is 5.69 Å². The Bertz CT molecular complexity index is 846. The maximum Gasteiger partial charge on any atom is 0.270 e. The Morgan fingerprint density at radius 1 is 1.39 bits per heavy atom. The van der Waals surface area contributed by atoms with Crippen LogP contribution in [0.15, 0.2) is 39.8 Å². The fourth-order valence-corrected chi connectivity index (χ4v) is 4.45. The first kappa shape index (κ1) is 15.6. The molecule has 122 valence electrons. The van der Waals surface area contributed by atoms with Gasteiger partial charge in [-0.3, -0.25) is 10.1 Å². The highest BCUT2D eigenvalue weighted by Gasteiger charge is 2.38. The monoisotopic (exact) mass is 337 g/mol. The molecule has 0 saturated carbocycles. The molecule has 0 bridgehead atoms. The summed E-state index contributed by atoms with van der Waals surface area (Å²) in [7, 11) is -3.84. The summed E-state index contributed by atoms with van der Waals surface area (Å²) in [5, 5.41) is 14.7. The molecule has 23 heavy (non-hydrogen) atoms. The number of benzene rings is 1. The van der Waals surface area contributed by atoms with Crippen molar-refractivity contribution < 1.29 is 17.9 Å². The summed E-state index contributed by atoms with van der Waals surface area (Å²) < 4.78 is 32.2. The predicted molar refractivity (Wildman–Crippen MR) is 80.2 cm³/mol. The van der Waals surface area contributed by atoms with Crippen LogP contribution in [-0.4, -0.2) is 29.3 Å². The average Bonchev–Trinajstić information content (AvgIpc) is 3.16. The van der Waals surface area contributed by atoms with Crippen molar-refractivity contribution in [1.82, 2.24) is 9.46 Å². The molecule has 3 rings (SSSR count). The molecule has 1 aromatic carbocycles. The zero-order valence-electron chi connectivity index (χ0n) is 12.4.